The predicted octanol–water partition coefficient (Wildman–Crippen LogP) is 5.60. The van der Waals surface area contributed by atoms with Crippen LogP contribution in [0, 0.1) is 0 Å². The van der Waals surface area contributed by atoms with Crippen molar-refractivity contribution in [2.45, 2.75) is 6.92 Å². The second-order valence-corrected chi connectivity index (χ2v) is 8.23. The van der Waals surface area contributed by atoms with E-state index >= 15 is 0 Å². The van der Waals surface area contributed by atoms with Gasteiger partial charge < -0.3 is 4.74 Å². The number of benzene rings is 3. The molecule has 0 aliphatic carbocycles. The van der Waals surface area contributed by atoms with Crippen LogP contribution in [0.15, 0.2) is 88.9 Å². The third-order valence-corrected chi connectivity index (χ3v) is 5.62. The molecule has 3 aromatic carbocycles. The summed E-state index contributed by atoms with van der Waals surface area (Å²) in [5.41, 5.74) is 1.84. The van der Waals surface area contributed by atoms with Crippen LogP contribution in [0.1, 0.15) is 12.5 Å². The lowest BCUT2D eigenvalue weighted by molar-refractivity contribution is -0.120. The van der Waals surface area contributed by atoms with E-state index in [1.807, 2.05) is 55.5 Å². The number of nitrogens with zero attached hydrogens (tertiary/aromatic N) is 2. The molecule has 0 unspecified atom stereocenters. The van der Waals surface area contributed by atoms with E-state index in [1.54, 1.807) is 36.4 Å². The Labute approximate surface area is 200 Å². The Bertz CT molecular complexity index is 1150. The Morgan fingerprint density at radius 3 is 1.91 bits per heavy atom. The van der Waals surface area contributed by atoms with Gasteiger partial charge in [0, 0.05) is 4.47 Å². The number of rotatable bonds is 5. The Morgan fingerprint density at radius 2 is 1.41 bits per heavy atom. The molecule has 1 fully saturated rings. The number of ether oxygens (including phenoxy) is 1. The molecular formula is C25H19BrN2O3S. The third kappa shape index (κ3) is 4.35. The van der Waals surface area contributed by atoms with E-state index in [0.717, 1.165) is 4.47 Å². The maximum Gasteiger partial charge on any atom is 0.270 e. The maximum atomic E-state index is 13.5. The lowest BCUT2D eigenvalue weighted by Gasteiger charge is -2.36. The normalized spacial score (nSPS) is 14.1. The van der Waals surface area contributed by atoms with Crippen LogP contribution in [-0.2, 0) is 9.59 Å². The highest BCUT2D eigenvalue weighted by atomic mass is 79.9. The Hall–Kier alpha value is -3.29. The fraction of sp³-hybridized carbons (Fsp3) is 0.0800. The molecule has 0 spiro atoms. The zero-order valence-corrected chi connectivity index (χ0v) is 19.6. The number of hydrogen-bond acceptors (Lipinski definition) is 4. The van der Waals surface area contributed by atoms with E-state index in [2.05, 4.69) is 15.9 Å². The number of carbonyl (C=O) groups is 2. The number of para-hydroxylation sites is 2. The fourth-order valence-electron chi connectivity index (χ4n) is 3.42. The highest BCUT2D eigenvalue weighted by Crippen LogP contribution is 2.31. The van der Waals surface area contributed by atoms with Gasteiger partial charge in [-0.05, 0) is 73.2 Å². The summed E-state index contributed by atoms with van der Waals surface area (Å²) in [4.78, 5) is 29.8. The molecule has 0 radical (unpaired) electrons. The van der Waals surface area contributed by atoms with E-state index in [4.69, 9.17) is 17.0 Å². The van der Waals surface area contributed by atoms with Crippen molar-refractivity contribution in [3.05, 3.63) is 94.5 Å². The third-order valence-electron chi connectivity index (χ3n) is 4.79. The van der Waals surface area contributed by atoms with Gasteiger partial charge >= 0.3 is 0 Å². The van der Waals surface area contributed by atoms with Gasteiger partial charge in [0.1, 0.15) is 11.3 Å². The quantitative estimate of drug-likeness (QED) is 0.257. The summed E-state index contributed by atoms with van der Waals surface area (Å²) in [6, 6.07) is 23.6. The number of anilines is 2. The molecule has 0 atom stereocenters. The van der Waals surface area contributed by atoms with Crippen molar-refractivity contribution in [2.24, 2.45) is 0 Å². The van der Waals surface area contributed by atoms with Crippen molar-refractivity contribution in [3.63, 3.8) is 0 Å². The van der Waals surface area contributed by atoms with Crippen LogP contribution in [0.4, 0.5) is 11.4 Å². The van der Waals surface area contributed by atoms with Crippen LogP contribution in [-0.4, -0.2) is 23.5 Å². The molecule has 160 valence electrons. The largest absolute Gasteiger partial charge is 0.494 e. The number of hydrogen-bond donors (Lipinski definition) is 0. The van der Waals surface area contributed by atoms with Crippen molar-refractivity contribution in [3.8, 4) is 5.75 Å². The van der Waals surface area contributed by atoms with Gasteiger partial charge in [0.25, 0.3) is 11.8 Å². The predicted molar refractivity (Wildman–Crippen MR) is 134 cm³/mol. The molecule has 2 amide bonds. The van der Waals surface area contributed by atoms with Crippen molar-refractivity contribution in [1.29, 1.82) is 0 Å². The SMILES string of the molecule is CCOc1cc(Br)cc(C=C2C(=O)N(c3ccccc3)C(=S)N(c3ccccc3)C2=O)c1. The van der Waals surface area contributed by atoms with Crippen LogP contribution in [0.25, 0.3) is 6.08 Å². The molecule has 5 nitrogen and oxygen atoms in total. The van der Waals surface area contributed by atoms with Gasteiger partial charge in [0.05, 0.1) is 18.0 Å². The number of amides is 2. The minimum atomic E-state index is -0.476. The van der Waals surface area contributed by atoms with Gasteiger partial charge in [-0.2, -0.15) is 0 Å². The molecule has 1 saturated heterocycles. The van der Waals surface area contributed by atoms with E-state index in [0.29, 0.717) is 29.3 Å². The Morgan fingerprint density at radius 1 is 0.875 bits per heavy atom. The molecule has 3 aromatic rings. The second kappa shape index (κ2) is 9.46. The minimum absolute atomic E-state index is 0.00635. The number of thiocarbonyl (C=S) groups is 1. The van der Waals surface area contributed by atoms with Gasteiger partial charge in [-0.3, -0.25) is 19.4 Å². The van der Waals surface area contributed by atoms with E-state index < -0.39 is 11.8 Å². The first-order valence-electron chi connectivity index (χ1n) is 9.97. The highest BCUT2D eigenvalue weighted by molar-refractivity contribution is 9.10. The molecule has 0 bridgehead atoms. The van der Waals surface area contributed by atoms with Gasteiger partial charge in [-0.1, -0.05) is 52.3 Å². The lowest BCUT2D eigenvalue weighted by atomic mass is 10.0. The second-order valence-electron chi connectivity index (χ2n) is 6.95. The maximum absolute atomic E-state index is 13.5. The highest BCUT2D eigenvalue weighted by Gasteiger charge is 2.41. The smallest absolute Gasteiger partial charge is 0.270 e. The summed E-state index contributed by atoms with van der Waals surface area (Å²) in [5.74, 6) is -0.313. The summed E-state index contributed by atoms with van der Waals surface area (Å²) >= 11 is 9.08. The summed E-state index contributed by atoms with van der Waals surface area (Å²) in [5, 5.41) is 0.110. The van der Waals surface area contributed by atoms with E-state index in [-0.39, 0.29) is 10.7 Å². The average Bonchev–Trinajstić information content (AvgIpc) is 2.78. The molecule has 7 heteroatoms. The molecule has 4 rings (SSSR count). The van der Waals surface area contributed by atoms with Crippen LogP contribution < -0.4 is 14.5 Å². The summed E-state index contributed by atoms with van der Waals surface area (Å²) in [6.07, 6.45) is 1.58. The summed E-state index contributed by atoms with van der Waals surface area (Å²) in [7, 11) is 0. The Kier molecular flexibility index (Phi) is 6.48. The van der Waals surface area contributed by atoms with E-state index in [9.17, 15) is 9.59 Å². The minimum Gasteiger partial charge on any atom is -0.494 e. The number of carbonyl (C=O) groups excluding carboxylic acids is 2. The summed E-state index contributed by atoms with van der Waals surface area (Å²) in [6.45, 7) is 2.39. The fourth-order valence-corrected chi connectivity index (χ4v) is 4.29. The van der Waals surface area contributed by atoms with Crippen LogP contribution in [0.2, 0.25) is 0 Å². The van der Waals surface area contributed by atoms with Crippen LogP contribution in [0.5, 0.6) is 5.75 Å². The van der Waals surface area contributed by atoms with Gasteiger partial charge in [-0.25, -0.2) is 0 Å². The topological polar surface area (TPSA) is 49.9 Å². The number of halogens is 1. The molecule has 1 aliphatic heterocycles. The molecule has 0 N–H and O–H groups in total. The molecule has 0 saturated carbocycles. The molecule has 1 heterocycles. The molecule has 32 heavy (non-hydrogen) atoms. The molecule has 0 aromatic heterocycles. The molecule has 1 aliphatic rings. The average molecular weight is 507 g/mol. The first-order valence-corrected chi connectivity index (χ1v) is 11.2. The lowest BCUT2D eigenvalue weighted by Crippen LogP contribution is -2.56. The first-order chi connectivity index (χ1) is 15.5. The zero-order chi connectivity index (χ0) is 22.7. The summed E-state index contributed by atoms with van der Waals surface area (Å²) < 4.78 is 6.38. The first kappa shape index (κ1) is 21.9. The van der Waals surface area contributed by atoms with E-state index in [1.165, 1.54) is 9.80 Å². The van der Waals surface area contributed by atoms with Crippen molar-refractivity contribution < 1.29 is 14.3 Å². The van der Waals surface area contributed by atoms with Crippen LogP contribution >= 0.6 is 28.1 Å². The van der Waals surface area contributed by atoms with Crippen molar-refractivity contribution in [1.82, 2.24) is 0 Å². The van der Waals surface area contributed by atoms with Crippen molar-refractivity contribution in [2.75, 3.05) is 16.4 Å². The van der Waals surface area contributed by atoms with Gasteiger partial charge in [0.15, 0.2) is 5.11 Å². The van der Waals surface area contributed by atoms with Gasteiger partial charge in [0.2, 0.25) is 0 Å². The monoisotopic (exact) mass is 506 g/mol. The molecular weight excluding hydrogens is 488 g/mol. The Balaban J connectivity index is 1.86. The standard InChI is InChI=1S/C25H19BrN2O3S/c1-2-31-21-14-17(13-18(26)16-21)15-22-23(29)27(19-9-5-3-6-10-19)25(32)28(24(22)30)20-11-7-4-8-12-20/h3-16H,2H2,1H3. The van der Waals surface area contributed by atoms with Crippen LogP contribution in [0.3, 0.4) is 0 Å². The van der Waals surface area contributed by atoms with Gasteiger partial charge in [-0.15, -0.1) is 0 Å². The van der Waals surface area contributed by atoms with Crippen molar-refractivity contribution >= 4 is 62.5 Å². The zero-order valence-electron chi connectivity index (χ0n) is 17.2.